The van der Waals surface area contributed by atoms with E-state index in [1.807, 2.05) is 7.05 Å². The third-order valence-electron chi connectivity index (χ3n) is 2.15. The number of rotatable bonds is 7. The highest BCUT2D eigenvalue weighted by Gasteiger charge is 2.16. The predicted molar refractivity (Wildman–Crippen MR) is 53.6 cm³/mol. The summed E-state index contributed by atoms with van der Waals surface area (Å²) in [5, 5.41) is 3.07. The number of carbonyl (C=O) groups excluding carboxylic acids is 1. The molecule has 0 rings (SSSR count). The molecule has 0 heterocycles. The molecule has 0 aromatic carbocycles. The molecule has 0 spiro atoms. The Kier molecular flexibility index (Phi) is 7.69. The van der Waals surface area contributed by atoms with Crippen molar-refractivity contribution in [3.8, 4) is 0 Å². The minimum Gasteiger partial charge on any atom is -0.469 e. The second-order valence-electron chi connectivity index (χ2n) is 3.25. The first-order chi connectivity index (χ1) is 6.26. The van der Waals surface area contributed by atoms with E-state index < -0.39 is 0 Å². The number of nitrogens with one attached hydrogen (secondary N) is 1. The molecule has 1 unspecified atom stereocenters. The Labute approximate surface area is 80.8 Å². The van der Waals surface area contributed by atoms with Gasteiger partial charge in [-0.3, -0.25) is 4.79 Å². The molecule has 0 aromatic heterocycles. The molecule has 3 heteroatoms. The quantitative estimate of drug-likeness (QED) is 0.485. The third kappa shape index (κ3) is 5.64. The lowest BCUT2D eigenvalue weighted by Gasteiger charge is -2.12. The number of carbonyl (C=O) groups is 1. The van der Waals surface area contributed by atoms with Gasteiger partial charge in [-0.2, -0.15) is 0 Å². The number of hydrogen-bond acceptors (Lipinski definition) is 3. The summed E-state index contributed by atoms with van der Waals surface area (Å²) in [6.07, 6.45) is 3.95. The zero-order valence-electron chi connectivity index (χ0n) is 8.93. The van der Waals surface area contributed by atoms with Gasteiger partial charge in [0.15, 0.2) is 0 Å². The molecule has 0 radical (unpaired) electrons. The Bertz CT molecular complexity index is 137. The molecular weight excluding hydrogens is 166 g/mol. The van der Waals surface area contributed by atoms with E-state index in [1.165, 1.54) is 7.11 Å². The van der Waals surface area contributed by atoms with Gasteiger partial charge in [-0.1, -0.05) is 13.3 Å². The lowest BCUT2D eigenvalue weighted by atomic mass is 9.98. The van der Waals surface area contributed by atoms with Crippen LogP contribution >= 0.6 is 0 Å². The molecule has 1 N–H and O–H groups in total. The molecule has 0 amide bonds. The summed E-state index contributed by atoms with van der Waals surface area (Å²) in [5.41, 5.74) is 0. The van der Waals surface area contributed by atoms with Crippen LogP contribution in [0.3, 0.4) is 0 Å². The van der Waals surface area contributed by atoms with Crippen molar-refractivity contribution in [3.63, 3.8) is 0 Å². The fourth-order valence-electron chi connectivity index (χ4n) is 1.42. The zero-order valence-corrected chi connectivity index (χ0v) is 8.93. The van der Waals surface area contributed by atoms with Gasteiger partial charge < -0.3 is 10.1 Å². The van der Waals surface area contributed by atoms with Crippen LogP contribution in [0.1, 0.15) is 32.6 Å². The lowest BCUT2D eigenvalue weighted by Crippen LogP contribution is -2.18. The van der Waals surface area contributed by atoms with Gasteiger partial charge in [0.1, 0.15) is 0 Å². The Balaban J connectivity index is 3.73. The third-order valence-corrected chi connectivity index (χ3v) is 2.15. The second-order valence-corrected chi connectivity index (χ2v) is 3.25. The Morgan fingerprint density at radius 3 is 2.62 bits per heavy atom. The lowest BCUT2D eigenvalue weighted by molar-refractivity contribution is -0.146. The van der Waals surface area contributed by atoms with Crippen LogP contribution in [0.5, 0.6) is 0 Å². The van der Waals surface area contributed by atoms with E-state index in [0.717, 1.165) is 32.2 Å². The first-order valence-corrected chi connectivity index (χ1v) is 4.98. The van der Waals surface area contributed by atoms with Crippen molar-refractivity contribution >= 4 is 5.97 Å². The van der Waals surface area contributed by atoms with Crippen molar-refractivity contribution in [2.24, 2.45) is 5.92 Å². The molecule has 0 fully saturated rings. The van der Waals surface area contributed by atoms with Crippen LogP contribution in [0.25, 0.3) is 0 Å². The second kappa shape index (κ2) is 8.05. The number of esters is 1. The molecule has 0 bridgehead atoms. The molecule has 78 valence electrons. The fourth-order valence-corrected chi connectivity index (χ4v) is 1.42. The molecule has 13 heavy (non-hydrogen) atoms. The van der Waals surface area contributed by atoms with E-state index in [9.17, 15) is 4.79 Å². The summed E-state index contributed by atoms with van der Waals surface area (Å²) in [5.74, 6) is 0.0429. The molecular formula is C10H21NO2. The monoisotopic (exact) mass is 187 g/mol. The average molecular weight is 187 g/mol. The van der Waals surface area contributed by atoms with Crippen LogP contribution in [0.15, 0.2) is 0 Å². The highest BCUT2D eigenvalue weighted by Crippen LogP contribution is 2.14. The van der Waals surface area contributed by atoms with Crippen molar-refractivity contribution in [2.75, 3.05) is 20.7 Å². The maximum absolute atomic E-state index is 11.3. The number of methoxy groups -OCH3 is 1. The van der Waals surface area contributed by atoms with Crippen LogP contribution in [-0.4, -0.2) is 26.7 Å². The summed E-state index contributed by atoms with van der Waals surface area (Å²) >= 11 is 0. The summed E-state index contributed by atoms with van der Waals surface area (Å²) in [7, 11) is 3.38. The van der Waals surface area contributed by atoms with Gasteiger partial charge in [-0.15, -0.1) is 0 Å². The first-order valence-electron chi connectivity index (χ1n) is 4.98. The Hall–Kier alpha value is -0.570. The smallest absolute Gasteiger partial charge is 0.308 e. The highest BCUT2D eigenvalue weighted by atomic mass is 16.5. The molecule has 0 aliphatic rings. The molecule has 3 nitrogen and oxygen atoms in total. The van der Waals surface area contributed by atoms with Gasteiger partial charge in [0, 0.05) is 0 Å². The van der Waals surface area contributed by atoms with E-state index in [4.69, 9.17) is 4.74 Å². The van der Waals surface area contributed by atoms with Gasteiger partial charge >= 0.3 is 5.97 Å². The van der Waals surface area contributed by atoms with Crippen LogP contribution in [0.4, 0.5) is 0 Å². The fraction of sp³-hybridized carbons (Fsp3) is 0.900. The minimum absolute atomic E-state index is 0.0575. The van der Waals surface area contributed by atoms with Crippen LogP contribution in [0.2, 0.25) is 0 Å². The topological polar surface area (TPSA) is 38.3 Å². The Morgan fingerprint density at radius 1 is 1.46 bits per heavy atom. The molecule has 0 saturated carbocycles. The van der Waals surface area contributed by atoms with Crippen molar-refractivity contribution in [1.82, 2.24) is 5.32 Å². The standard InChI is InChI=1S/C10H21NO2/c1-4-6-9(10(12)13-3)7-5-8-11-2/h9,11H,4-8H2,1-3H3. The van der Waals surface area contributed by atoms with Gasteiger partial charge in [0.25, 0.3) is 0 Å². The SMILES string of the molecule is CCCC(CCCNC)C(=O)OC. The largest absolute Gasteiger partial charge is 0.469 e. The van der Waals surface area contributed by atoms with E-state index in [-0.39, 0.29) is 11.9 Å². The first kappa shape index (κ1) is 12.4. The molecule has 0 aromatic rings. The summed E-state index contributed by atoms with van der Waals surface area (Å²) in [6, 6.07) is 0. The molecule has 0 saturated heterocycles. The summed E-state index contributed by atoms with van der Waals surface area (Å²) < 4.78 is 4.74. The molecule has 0 aliphatic carbocycles. The van der Waals surface area contributed by atoms with Gasteiger partial charge in [0.2, 0.25) is 0 Å². The average Bonchev–Trinajstić information content (AvgIpc) is 2.16. The molecule has 0 aliphatic heterocycles. The highest BCUT2D eigenvalue weighted by molar-refractivity contribution is 5.72. The maximum Gasteiger partial charge on any atom is 0.308 e. The van der Waals surface area contributed by atoms with E-state index in [2.05, 4.69) is 12.2 Å². The predicted octanol–water partition coefficient (Wildman–Crippen LogP) is 1.58. The van der Waals surface area contributed by atoms with E-state index in [0.29, 0.717) is 0 Å². The Morgan fingerprint density at radius 2 is 2.15 bits per heavy atom. The van der Waals surface area contributed by atoms with Crippen molar-refractivity contribution in [3.05, 3.63) is 0 Å². The zero-order chi connectivity index (χ0) is 10.1. The maximum atomic E-state index is 11.3. The van der Waals surface area contributed by atoms with E-state index in [1.54, 1.807) is 0 Å². The minimum atomic E-state index is -0.0575. The number of hydrogen-bond donors (Lipinski definition) is 1. The van der Waals surface area contributed by atoms with Crippen molar-refractivity contribution < 1.29 is 9.53 Å². The number of ether oxygens (including phenoxy) is 1. The summed E-state index contributed by atoms with van der Waals surface area (Å²) in [6.45, 7) is 3.06. The van der Waals surface area contributed by atoms with Crippen LogP contribution < -0.4 is 5.32 Å². The normalized spacial score (nSPS) is 12.5. The van der Waals surface area contributed by atoms with Crippen LogP contribution in [0, 0.1) is 5.92 Å². The van der Waals surface area contributed by atoms with Crippen molar-refractivity contribution in [1.29, 1.82) is 0 Å². The van der Waals surface area contributed by atoms with Gasteiger partial charge in [-0.25, -0.2) is 0 Å². The van der Waals surface area contributed by atoms with E-state index >= 15 is 0 Å². The van der Waals surface area contributed by atoms with Gasteiger partial charge in [0.05, 0.1) is 13.0 Å². The molecule has 1 atom stereocenters. The summed E-state index contributed by atoms with van der Waals surface area (Å²) in [4.78, 5) is 11.3. The van der Waals surface area contributed by atoms with Crippen LogP contribution in [-0.2, 0) is 9.53 Å². The van der Waals surface area contributed by atoms with Crippen molar-refractivity contribution in [2.45, 2.75) is 32.6 Å². The van der Waals surface area contributed by atoms with Gasteiger partial charge in [-0.05, 0) is 32.9 Å².